The van der Waals surface area contributed by atoms with E-state index < -0.39 is 9.84 Å². The van der Waals surface area contributed by atoms with E-state index in [1.165, 1.54) is 4.68 Å². The predicted octanol–water partition coefficient (Wildman–Crippen LogP) is 2.14. The van der Waals surface area contributed by atoms with Crippen LogP contribution in [0.3, 0.4) is 0 Å². The molecule has 0 spiro atoms. The summed E-state index contributed by atoms with van der Waals surface area (Å²) in [6, 6.07) is 17.5. The Morgan fingerprint density at radius 1 is 1.06 bits per heavy atom. The van der Waals surface area contributed by atoms with Crippen molar-refractivity contribution in [3.8, 4) is 5.69 Å². The highest BCUT2D eigenvalue weighted by Gasteiger charge is 2.30. The van der Waals surface area contributed by atoms with Crippen molar-refractivity contribution in [2.45, 2.75) is 30.1 Å². The first-order chi connectivity index (χ1) is 15.4. The van der Waals surface area contributed by atoms with Gasteiger partial charge in [0, 0.05) is 32.5 Å². The maximum Gasteiger partial charge on any atom is 0.350 e. The fraction of sp³-hybridized carbons (Fsp3) is 0.348. The lowest BCUT2D eigenvalue weighted by molar-refractivity contribution is -0.132. The van der Waals surface area contributed by atoms with Gasteiger partial charge < -0.3 is 4.90 Å². The average molecular weight is 455 g/mol. The summed E-state index contributed by atoms with van der Waals surface area (Å²) in [7, 11) is -1.90. The number of amides is 1. The maximum absolute atomic E-state index is 12.8. The predicted molar refractivity (Wildman–Crippen MR) is 120 cm³/mol. The molecular weight excluding hydrogens is 428 g/mol. The third-order valence-corrected chi connectivity index (χ3v) is 7.52. The second kappa shape index (κ2) is 9.12. The van der Waals surface area contributed by atoms with Gasteiger partial charge in [0.25, 0.3) is 0 Å². The molecule has 0 radical (unpaired) electrons. The molecule has 0 saturated carbocycles. The van der Waals surface area contributed by atoms with Gasteiger partial charge in [-0.1, -0.05) is 36.4 Å². The Balaban J connectivity index is 1.49. The van der Waals surface area contributed by atoms with Gasteiger partial charge in [0.2, 0.25) is 5.91 Å². The lowest BCUT2D eigenvalue weighted by Crippen LogP contribution is -2.40. The minimum atomic E-state index is -3.51. The minimum absolute atomic E-state index is 0.0718. The van der Waals surface area contributed by atoms with E-state index in [0.29, 0.717) is 18.9 Å². The van der Waals surface area contributed by atoms with Gasteiger partial charge in [-0.3, -0.25) is 4.79 Å². The fourth-order valence-electron chi connectivity index (χ4n) is 4.11. The summed E-state index contributed by atoms with van der Waals surface area (Å²) >= 11 is 0. The number of hydrogen-bond donors (Lipinski definition) is 0. The number of carbonyl (C=O) groups is 1. The molecule has 1 saturated heterocycles. The van der Waals surface area contributed by atoms with Crippen molar-refractivity contribution in [2.75, 3.05) is 18.8 Å². The first-order valence-corrected chi connectivity index (χ1v) is 12.3. The molecule has 168 valence electrons. The molecule has 1 aromatic heterocycles. The van der Waals surface area contributed by atoms with E-state index in [2.05, 4.69) is 5.10 Å². The molecule has 8 nitrogen and oxygen atoms in total. The van der Waals surface area contributed by atoms with Crippen LogP contribution in [0.5, 0.6) is 0 Å². The molecule has 3 aromatic rings. The van der Waals surface area contributed by atoms with Crippen LogP contribution in [-0.2, 0) is 21.7 Å². The Morgan fingerprint density at radius 2 is 1.72 bits per heavy atom. The second-order valence-corrected chi connectivity index (χ2v) is 10.1. The van der Waals surface area contributed by atoms with E-state index in [0.717, 1.165) is 18.5 Å². The van der Waals surface area contributed by atoms with Crippen LogP contribution in [0.4, 0.5) is 0 Å². The van der Waals surface area contributed by atoms with E-state index in [1.807, 2.05) is 30.3 Å². The summed E-state index contributed by atoms with van der Waals surface area (Å²) in [5.74, 6) is 0.0966. The zero-order valence-electron chi connectivity index (χ0n) is 17.9. The highest BCUT2D eigenvalue weighted by atomic mass is 32.2. The number of hydrogen-bond acceptors (Lipinski definition) is 5. The Bertz CT molecular complexity index is 1250. The fourth-order valence-corrected chi connectivity index (χ4v) is 5.36. The molecule has 4 rings (SSSR count). The molecule has 0 aliphatic carbocycles. The van der Waals surface area contributed by atoms with Crippen LogP contribution in [0, 0.1) is 0 Å². The summed E-state index contributed by atoms with van der Waals surface area (Å²) in [5.41, 5.74) is 0.501. The Morgan fingerprint density at radius 3 is 2.41 bits per heavy atom. The standard InChI is InChI=1S/C23H26N4O4S/c1-25-23(29)27(19-10-4-2-5-11-19)22(24-25)18-9-8-15-26(17-18)21(28)14-16-32(30,31)20-12-6-3-7-13-20/h2-7,10-13,18H,8-9,14-17H2,1H3. The molecular formula is C23H26N4O4S. The van der Waals surface area contributed by atoms with Crippen LogP contribution in [-0.4, -0.2) is 52.4 Å². The number of nitrogens with zero attached hydrogens (tertiary/aromatic N) is 4. The summed E-state index contributed by atoms with van der Waals surface area (Å²) in [5, 5.41) is 4.46. The zero-order chi connectivity index (χ0) is 22.7. The third kappa shape index (κ3) is 4.52. The second-order valence-electron chi connectivity index (χ2n) is 8.00. The highest BCUT2D eigenvalue weighted by molar-refractivity contribution is 7.91. The number of rotatable bonds is 6. The van der Waals surface area contributed by atoms with Crippen molar-refractivity contribution in [3.05, 3.63) is 77.0 Å². The lowest BCUT2D eigenvalue weighted by atomic mass is 9.96. The van der Waals surface area contributed by atoms with Gasteiger partial charge in [-0.25, -0.2) is 22.5 Å². The third-order valence-electron chi connectivity index (χ3n) is 5.79. The van der Waals surface area contributed by atoms with E-state index in [-0.39, 0.29) is 34.6 Å². The van der Waals surface area contributed by atoms with Crippen molar-refractivity contribution in [1.29, 1.82) is 0 Å². The molecule has 2 heterocycles. The summed E-state index contributed by atoms with van der Waals surface area (Å²) in [4.78, 5) is 27.5. The molecule has 1 aliphatic heterocycles. The molecule has 1 amide bonds. The van der Waals surface area contributed by atoms with Crippen LogP contribution in [0.1, 0.15) is 31.0 Å². The van der Waals surface area contributed by atoms with Crippen molar-refractivity contribution in [1.82, 2.24) is 19.2 Å². The average Bonchev–Trinajstić information content (AvgIpc) is 3.13. The Hall–Kier alpha value is -3.20. The molecule has 2 aromatic carbocycles. The molecule has 1 aliphatic rings. The number of piperidine rings is 1. The van der Waals surface area contributed by atoms with Gasteiger partial charge in [-0.05, 0) is 37.1 Å². The molecule has 9 heteroatoms. The zero-order valence-corrected chi connectivity index (χ0v) is 18.7. The number of sulfone groups is 1. The molecule has 32 heavy (non-hydrogen) atoms. The minimum Gasteiger partial charge on any atom is -0.342 e. The number of aryl methyl sites for hydroxylation is 1. The van der Waals surface area contributed by atoms with Gasteiger partial charge in [0.05, 0.1) is 16.3 Å². The van der Waals surface area contributed by atoms with E-state index in [1.54, 1.807) is 46.8 Å². The first-order valence-electron chi connectivity index (χ1n) is 10.6. The lowest BCUT2D eigenvalue weighted by Gasteiger charge is -2.32. The Labute approximate surface area is 187 Å². The monoisotopic (exact) mass is 454 g/mol. The highest BCUT2D eigenvalue weighted by Crippen LogP contribution is 2.27. The Kier molecular flexibility index (Phi) is 6.27. The molecule has 1 atom stereocenters. The van der Waals surface area contributed by atoms with Crippen molar-refractivity contribution < 1.29 is 13.2 Å². The molecule has 0 bridgehead atoms. The number of para-hydroxylation sites is 1. The van der Waals surface area contributed by atoms with E-state index in [4.69, 9.17) is 0 Å². The molecule has 1 fully saturated rings. The number of likely N-dealkylation sites (tertiary alicyclic amines) is 1. The number of aromatic nitrogens is 3. The van der Waals surface area contributed by atoms with Crippen molar-refractivity contribution >= 4 is 15.7 Å². The molecule has 0 N–H and O–H groups in total. The van der Waals surface area contributed by atoms with Crippen molar-refractivity contribution in [3.63, 3.8) is 0 Å². The van der Waals surface area contributed by atoms with Gasteiger partial charge >= 0.3 is 5.69 Å². The van der Waals surface area contributed by atoms with Crippen LogP contribution in [0.15, 0.2) is 70.4 Å². The number of carbonyl (C=O) groups excluding carboxylic acids is 1. The van der Waals surface area contributed by atoms with Crippen LogP contribution >= 0.6 is 0 Å². The maximum atomic E-state index is 12.8. The quantitative estimate of drug-likeness (QED) is 0.569. The normalized spacial score (nSPS) is 16.8. The van der Waals surface area contributed by atoms with Gasteiger partial charge in [0.15, 0.2) is 9.84 Å². The molecule has 1 unspecified atom stereocenters. The van der Waals surface area contributed by atoms with Gasteiger partial charge in [0.1, 0.15) is 5.82 Å². The summed E-state index contributed by atoms with van der Waals surface area (Å²) in [6.07, 6.45) is 1.49. The van der Waals surface area contributed by atoms with E-state index in [9.17, 15) is 18.0 Å². The van der Waals surface area contributed by atoms with Crippen LogP contribution < -0.4 is 5.69 Å². The van der Waals surface area contributed by atoms with Gasteiger partial charge in [-0.2, -0.15) is 5.10 Å². The van der Waals surface area contributed by atoms with Crippen molar-refractivity contribution in [2.24, 2.45) is 7.05 Å². The van der Waals surface area contributed by atoms with E-state index >= 15 is 0 Å². The van der Waals surface area contributed by atoms with Crippen LogP contribution in [0.25, 0.3) is 5.69 Å². The first kappa shape index (κ1) is 22.0. The topological polar surface area (TPSA) is 94.3 Å². The van der Waals surface area contributed by atoms with Gasteiger partial charge in [-0.15, -0.1) is 0 Å². The SMILES string of the molecule is Cn1nc(C2CCCN(C(=O)CCS(=O)(=O)c3ccccc3)C2)n(-c2ccccc2)c1=O. The van der Waals surface area contributed by atoms with Crippen LogP contribution in [0.2, 0.25) is 0 Å². The summed E-state index contributed by atoms with van der Waals surface area (Å²) < 4.78 is 28.0. The smallest absolute Gasteiger partial charge is 0.342 e. The summed E-state index contributed by atoms with van der Waals surface area (Å²) in [6.45, 7) is 0.983. The number of benzene rings is 2. The largest absolute Gasteiger partial charge is 0.350 e.